The number of Topliss-reactive ketones (excluding diaryl/α,β-unsaturated/α-hetero) is 1. The van der Waals surface area contributed by atoms with Crippen molar-refractivity contribution in [3.8, 4) is 0 Å². The molecule has 1 amide bonds. The van der Waals surface area contributed by atoms with E-state index in [1.807, 2.05) is 6.92 Å². The molecule has 0 aromatic rings. The molecular weight excluding hydrogens is 228 g/mol. The molecule has 0 radical (unpaired) electrons. The van der Waals surface area contributed by atoms with Gasteiger partial charge in [0.2, 0.25) is 5.91 Å². The highest BCUT2D eigenvalue weighted by atomic mass is 16.2. The summed E-state index contributed by atoms with van der Waals surface area (Å²) in [5.41, 5.74) is 6.01. The van der Waals surface area contributed by atoms with Crippen LogP contribution in [0.25, 0.3) is 0 Å². The van der Waals surface area contributed by atoms with Crippen molar-refractivity contribution in [1.82, 2.24) is 5.32 Å². The monoisotopic (exact) mass is 254 g/mol. The van der Waals surface area contributed by atoms with E-state index in [1.54, 1.807) is 0 Å². The minimum atomic E-state index is -0.455. The lowest BCUT2D eigenvalue weighted by atomic mass is 9.84. The summed E-state index contributed by atoms with van der Waals surface area (Å²) in [4.78, 5) is 23.5. The molecule has 1 aliphatic rings. The summed E-state index contributed by atoms with van der Waals surface area (Å²) < 4.78 is 0. The fourth-order valence-electron chi connectivity index (χ4n) is 2.64. The zero-order valence-corrected chi connectivity index (χ0v) is 11.6. The molecule has 0 spiro atoms. The van der Waals surface area contributed by atoms with Gasteiger partial charge in [-0.1, -0.05) is 32.6 Å². The third kappa shape index (κ3) is 4.41. The first kappa shape index (κ1) is 15.2. The summed E-state index contributed by atoms with van der Waals surface area (Å²) in [5.74, 6) is 0.143. The Balaban J connectivity index is 2.48. The van der Waals surface area contributed by atoms with Crippen LogP contribution in [0.5, 0.6) is 0 Å². The Bertz CT molecular complexity index is 286. The van der Waals surface area contributed by atoms with E-state index < -0.39 is 6.04 Å². The maximum absolute atomic E-state index is 12.0. The molecule has 2 atom stereocenters. The van der Waals surface area contributed by atoms with Crippen LogP contribution in [-0.4, -0.2) is 23.8 Å². The number of carbonyl (C=O) groups is 2. The molecule has 0 unspecified atom stereocenters. The zero-order valence-electron chi connectivity index (χ0n) is 11.6. The first-order chi connectivity index (χ1) is 8.56. The smallest absolute Gasteiger partial charge is 0.237 e. The highest BCUT2D eigenvalue weighted by Crippen LogP contribution is 2.25. The van der Waals surface area contributed by atoms with Gasteiger partial charge in [0, 0.05) is 0 Å². The minimum absolute atomic E-state index is 0.0149. The van der Waals surface area contributed by atoms with E-state index in [1.165, 1.54) is 13.3 Å². The molecule has 4 nitrogen and oxygen atoms in total. The molecular formula is C14H26N2O2. The molecule has 18 heavy (non-hydrogen) atoms. The van der Waals surface area contributed by atoms with Gasteiger partial charge in [-0.25, -0.2) is 0 Å². The van der Waals surface area contributed by atoms with Crippen molar-refractivity contribution in [1.29, 1.82) is 0 Å². The van der Waals surface area contributed by atoms with Crippen molar-refractivity contribution in [2.24, 2.45) is 11.7 Å². The van der Waals surface area contributed by atoms with E-state index in [9.17, 15) is 9.59 Å². The topological polar surface area (TPSA) is 72.2 Å². The second-order valence-electron chi connectivity index (χ2n) is 5.38. The summed E-state index contributed by atoms with van der Waals surface area (Å²) in [6.07, 6.45) is 7.21. The predicted octanol–water partition coefficient (Wildman–Crippen LogP) is 1.77. The highest BCUT2D eigenvalue weighted by Gasteiger charge is 2.28. The first-order valence-electron chi connectivity index (χ1n) is 7.12. The first-order valence-corrected chi connectivity index (χ1v) is 7.12. The Labute approximate surface area is 110 Å². The summed E-state index contributed by atoms with van der Waals surface area (Å²) in [7, 11) is 0. The second kappa shape index (κ2) is 7.52. The maximum atomic E-state index is 12.0. The average Bonchev–Trinajstić information content (AvgIpc) is 2.38. The molecule has 0 saturated heterocycles. The molecule has 0 bridgehead atoms. The molecule has 4 heteroatoms. The number of nitrogens with one attached hydrogen (secondary N) is 1. The molecule has 1 saturated carbocycles. The van der Waals surface area contributed by atoms with E-state index in [4.69, 9.17) is 5.73 Å². The van der Waals surface area contributed by atoms with Crippen LogP contribution in [0.15, 0.2) is 0 Å². The highest BCUT2D eigenvalue weighted by molar-refractivity contribution is 5.89. The van der Waals surface area contributed by atoms with Gasteiger partial charge in [-0.15, -0.1) is 0 Å². The van der Waals surface area contributed by atoms with E-state index in [0.717, 1.165) is 32.1 Å². The van der Waals surface area contributed by atoms with E-state index in [-0.39, 0.29) is 23.7 Å². The second-order valence-corrected chi connectivity index (χ2v) is 5.38. The molecule has 1 fully saturated rings. The molecule has 0 aromatic carbocycles. The van der Waals surface area contributed by atoms with Crippen LogP contribution in [0.3, 0.4) is 0 Å². The Hall–Kier alpha value is -0.900. The van der Waals surface area contributed by atoms with E-state index in [2.05, 4.69) is 5.32 Å². The standard InChI is InChI=1S/C14H26N2O2/c1-3-7-12(10(2)17)16-14(18)13(15)11-8-5-4-6-9-11/h11-13H,3-9,15H2,1-2H3,(H,16,18)/t12-,13-/m0/s1. The fraction of sp³-hybridized carbons (Fsp3) is 0.857. The van der Waals surface area contributed by atoms with Crippen LogP contribution in [-0.2, 0) is 9.59 Å². The van der Waals surface area contributed by atoms with Gasteiger partial charge in [0.05, 0.1) is 12.1 Å². The Morgan fingerprint density at radius 3 is 2.39 bits per heavy atom. The van der Waals surface area contributed by atoms with Gasteiger partial charge in [-0.05, 0) is 32.1 Å². The summed E-state index contributed by atoms with van der Waals surface area (Å²) in [6, 6.07) is -0.818. The van der Waals surface area contributed by atoms with Crippen molar-refractivity contribution in [3.05, 3.63) is 0 Å². The Morgan fingerprint density at radius 1 is 1.28 bits per heavy atom. The third-order valence-electron chi connectivity index (χ3n) is 3.85. The maximum Gasteiger partial charge on any atom is 0.237 e. The number of amides is 1. The van der Waals surface area contributed by atoms with Crippen molar-refractivity contribution in [3.63, 3.8) is 0 Å². The lowest BCUT2D eigenvalue weighted by Gasteiger charge is -2.27. The van der Waals surface area contributed by atoms with Gasteiger partial charge >= 0.3 is 0 Å². The van der Waals surface area contributed by atoms with Crippen molar-refractivity contribution >= 4 is 11.7 Å². The Kier molecular flexibility index (Phi) is 6.33. The summed E-state index contributed by atoms with van der Waals surface area (Å²) >= 11 is 0. The van der Waals surface area contributed by atoms with Gasteiger partial charge in [0.15, 0.2) is 5.78 Å². The number of nitrogens with two attached hydrogens (primary N) is 1. The van der Waals surface area contributed by atoms with Crippen molar-refractivity contribution < 1.29 is 9.59 Å². The summed E-state index contributed by atoms with van der Waals surface area (Å²) in [5, 5.41) is 2.80. The largest absolute Gasteiger partial charge is 0.345 e. The number of rotatable bonds is 6. The number of carbonyl (C=O) groups excluding carboxylic acids is 2. The molecule has 0 heterocycles. The number of hydrogen-bond acceptors (Lipinski definition) is 3. The molecule has 0 aromatic heterocycles. The number of hydrogen-bond donors (Lipinski definition) is 2. The third-order valence-corrected chi connectivity index (χ3v) is 3.85. The lowest BCUT2D eigenvalue weighted by molar-refractivity contribution is -0.128. The summed E-state index contributed by atoms with van der Waals surface area (Å²) in [6.45, 7) is 3.52. The van der Waals surface area contributed by atoms with Gasteiger partial charge in [-0.3, -0.25) is 9.59 Å². The van der Waals surface area contributed by atoms with Crippen LogP contribution in [0.1, 0.15) is 58.8 Å². The lowest BCUT2D eigenvalue weighted by Crippen LogP contribution is -2.51. The molecule has 104 valence electrons. The zero-order chi connectivity index (χ0) is 13.5. The molecule has 3 N–H and O–H groups in total. The molecule has 0 aliphatic heterocycles. The van der Waals surface area contributed by atoms with Crippen LogP contribution in [0, 0.1) is 5.92 Å². The van der Waals surface area contributed by atoms with Gasteiger partial charge < -0.3 is 11.1 Å². The molecule has 1 rings (SSSR count). The molecule has 1 aliphatic carbocycles. The van der Waals surface area contributed by atoms with Crippen molar-refractivity contribution in [2.45, 2.75) is 70.9 Å². The van der Waals surface area contributed by atoms with Crippen molar-refractivity contribution in [2.75, 3.05) is 0 Å². The van der Waals surface area contributed by atoms with Crippen LogP contribution in [0.4, 0.5) is 0 Å². The number of ketones is 1. The van der Waals surface area contributed by atoms with Crippen LogP contribution >= 0.6 is 0 Å². The van der Waals surface area contributed by atoms with Gasteiger partial charge in [0.25, 0.3) is 0 Å². The SMILES string of the molecule is CCC[C@H](NC(=O)[C@@H](N)C1CCCCC1)C(C)=O. The Morgan fingerprint density at radius 2 is 1.89 bits per heavy atom. The fourth-order valence-corrected chi connectivity index (χ4v) is 2.64. The normalized spacial score (nSPS) is 20.2. The van der Waals surface area contributed by atoms with E-state index >= 15 is 0 Å². The van der Waals surface area contributed by atoms with E-state index in [0.29, 0.717) is 6.42 Å². The minimum Gasteiger partial charge on any atom is -0.345 e. The van der Waals surface area contributed by atoms with Gasteiger partial charge in [0.1, 0.15) is 0 Å². The predicted molar refractivity (Wildman–Crippen MR) is 72.1 cm³/mol. The average molecular weight is 254 g/mol. The van der Waals surface area contributed by atoms with Crippen LogP contribution in [0.2, 0.25) is 0 Å². The quantitative estimate of drug-likeness (QED) is 0.758. The van der Waals surface area contributed by atoms with Crippen LogP contribution < -0.4 is 11.1 Å². The van der Waals surface area contributed by atoms with Gasteiger partial charge in [-0.2, -0.15) is 0 Å².